The predicted molar refractivity (Wildman–Crippen MR) is 90.5 cm³/mol. The van der Waals surface area contributed by atoms with Gasteiger partial charge >= 0.3 is 0 Å². The van der Waals surface area contributed by atoms with Crippen LogP contribution in [0.3, 0.4) is 0 Å². The van der Waals surface area contributed by atoms with Crippen LogP contribution >= 0.6 is 11.6 Å². The van der Waals surface area contributed by atoms with Crippen LogP contribution in [0.15, 0.2) is 12.1 Å². The number of rotatable bonds is 9. The Morgan fingerprint density at radius 2 is 1.55 bits per heavy atom. The highest BCUT2D eigenvalue weighted by molar-refractivity contribution is 6.31. The lowest BCUT2D eigenvalue weighted by molar-refractivity contribution is 0.540. The molecule has 114 valence electrons. The van der Waals surface area contributed by atoms with Crippen molar-refractivity contribution in [1.29, 1.82) is 0 Å². The number of nitrogens with two attached hydrogens (primary N) is 1. The third kappa shape index (κ3) is 5.85. The fraction of sp³-hybridized carbons (Fsp3) is 0.667. The molecule has 1 unspecified atom stereocenters. The van der Waals surface area contributed by atoms with Gasteiger partial charge in [0.25, 0.3) is 0 Å². The minimum Gasteiger partial charge on any atom is -0.324 e. The van der Waals surface area contributed by atoms with Gasteiger partial charge in [-0.3, -0.25) is 0 Å². The smallest absolute Gasteiger partial charge is 0.0438 e. The average molecular weight is 296 g/mol. The molecule has 0 heterocycles. The molecule has 0 spiro atoms. The number of benzene rings is 1. The zero-order valence-corrected chi connectivity index (χ0v) is 14.1. The molecular formula is C18H30ClN. The lowest BCUT2D eigenvalue weighted by Crippen LogP contribution is -2.12. The summed E-state index contributed by atoms with van der Waals surface area (Å²) in [7, 11) is 0. The Balaban J connectivity index is 2.32. The number of halogens is 1. The number of hydrogen-bond donors (Lipinski definition) is 1. The third-order valence-corrected chi connectivity index (χ3v) is 4.47. The second-order valence-electron chi connectivity index (χ2n) is 5.97. The molecule has 2 N–H and O–H groups in total. The van der Waals surface area contributed by atoms with Gasteiger partial charge in [0.15, 0.2) is 0 Å². The van der Waals surface area contributed by atoms with Crippen molar-refractivity contribution in [3.63, 3.8) is 0 Å². The zero-order chi connectivity index (χ0) is 15.0. The van der Waals surface area contributed by atoms with E-state index in [-0.39, 0.29) is 6.04 Å². The van der Waals surface area contributed by atoms with Crippen molar-refractivity contribution in [2.24, 2.45) is 5.73 Å². The first-order valence-corrected chi connectivity index (χ1v) is 8.46. The summed E-state index contributed by atoms with van der Waals surface area (Å²) in [5.41, 5.74) is 9.94. The summed E-state index contributed by atoms with van der Waals surface area (Å²) < 4.78 is 0. The van der Waals surface area contributed by atoms with Crippen molar-refractivity contribution in [1.82, 2.24) is 0 Å². The highest BCUT2D eigenvalue weighted by atomic mass is 35.5. The molecule has 1 atom stereocenters. The van der Waals surface area contributed by atoms with Gasteiger partial charge in [-0.15, -0.1) is 0 Å². The van der Waals surface area contributed by atoms with Gasteiger partial charge in [-0.05, 0) is 43.0 Å². The van der Waals surface area contributed by atoms with E-state index in [2.05, 4.69) is 19.9 Å². The maximum absolute atomic E-state index is 6.33. The minimum absolute atomic E-state index is 0.154. The fourth-order valence-electron chi connectivity index (χ4n) is 2.68. The molecule has 0 aliphatic carbocycles. The van der Waals surface area contributed by atoms with Crippen LogP contribution in [0.2, 0.25) is 5.02 Å². The SMILES string of the molecule is CCCCCCCCCC(N)c1cc(C)c(Cl)cc1C. The van der Waals surface area contributed by atoms with Crippen molar-refractivity contribution in [2.75, 3.05) is 0 Å². The molecule has 0 radical (unpaired) electrons. The molecule has 0 bridgehead atoms. The molecule has 0 amide bonds. The van der Waals surface area contributed by atoms with Crippen LogP contribution in [-0.4, -0.2) is 0 Å². The first kappa shape index (κ1) is 17.5. The second-order valence-corrected chi connectivity index (χ2v) is 6.38. The van der Waals surface area contributed by atoms with Crippen LogP contribution in [0.1, 0.15) is 81.0 Å². The van der Waals surface area contributed by atoms with Crippen molar-refractivity contribution in [3.05, 3.63) is 33.8 Å². The summed E-state index contributed by atoms with van der Waals surface area (Å²) in [5, 5.41) is 0.842. The maximum Gasteiger partial charge on any atom is 0.0438 e. The number of unbranched alkanes of at least 4 members (excludes halogenated alkanes) is 6. The average Bonchev–Trinajstić information content (AvgIpc) is 2.41. The molecule has 0 aliphatic heterocycles. The Bertz CT molecular complexity index is 401. The van der Waals surface area contributed by atoms with E-state index in [4.69, 9.17) is 17.3 Å². The fourth-order valence-corrected chi connectivity index (χ4v) is 2.90. The van der Waals surface area contributed by atoms with Gasteiger partial charge in [0, 0.05) is 11.1 Å². The van der Waals surface area contributed by atoms with E-state index < -0.39 is 0 Å². The van der Waals surface area contributed by atoms with E-state index >= 15 is 0 Å². The Morgan fingerprint density at radius 3 is 2.20 bits per heavy atom. The van der Waals surface area contributed by atoms with E-state index in [9.17, 15) is 0 Å². The van der Waals surface area contributed by atoms with E-state index in [1.807, 2.05) is 13.0 Å². The molecular weight excluding hydrogens is 266 g/mol. The van der Waals surface area contributed by atoms with E-state index in [1.165, 1.54) is 56.1 Å². The Hall–Kier alpha value is -0.530. The van der Waals surface area contributed by atoms with Crippen molar-refractivity contribution in [2.45, 2.75) is 78.2 Å². The van der Waals surface area contributed by atoms with Crippen molar-refractivity contribution >= 4 is 11.6 Å². The van der Waals surface area contributed by atoms with Gasteiger partial charge in [0.1, 0.15) is 0 Å². The minimum atomic E-state index is 0.154. The number of aryl methyl sites for hydroxylation is 2. The van der Waals surface area contributed by atoms with Crippen molar-refractivity contribution < 1.29 is 0 Å². The molecule has 0 saturated heterocycles. The topological polar surface area (TPSA) is 26.0 Å². The van der Waals surface area contributed by atoms with Gasteiger partial charge in [0.05, 0.1) is 0 Å². The normalized spacial score (nSPS) is 12.7. The van der Waals surface area contributed by atoms with Gasteiger partial charge in [0.2, 0.25) is 0 Å². The first-order valence-electron chi connectivity index (χ1n) is 8.08. The lowest BCUT2D eigenvalue weighted by atomic mass is 9.95. The molecule has 1 nitrogen and oxygen atoms in total. The van der Waals surface area contributed by atoms with E-state index in [1.54, 1.807) is 0 Å². The first-order chi connectivity index (χ1) is 9.56. The number of hydrogen-bond acceptors (Lipinski definition) is 1. The van der Waals surface area contributed by atoms with Crippen LogP contribution in [0.5, 0.6) is 0 Å². The Kier molecular flexibility index (Phi) is 8.25. The van der Waals surface area contributed by atoms with E-state index in [0.29, 0.717) is 0 Å². The summed E-state index contributed by atoms with van der Waals surface area (Å²) >= 11 is 6.14. The third-order valence-electron chi connectivity index (χ3n) is 4.07. The van der Waals surface area contributed by atoms with Gasteiger partial charge in [-0.1, -0.05) is 69.5 Å². The molecule has 1 aromatic carbocycles. The zero-order valence-electron chi connectivity index (χ0n) is 13.3. The second kappa shape index (κ2) is 9.41. The summed E-state index contributed by atoms with van der Waals surface area (Å²) in [6.45, 7) is 6.41. The van der Waals surface area contributed by atoms with Crippen LogP contribution in [0, 0.1) is 13.8 Å². The highest BCUT2D eigenvalue weighted by Gasteiger charge is 2.10. The van der Waals surface area contributed by atoms with Crippen molar-refractivity contribution in [3.8, 4) is 0 Å². The Labute approximate surface area is 129 Å². The molecule has 20 heavy (non-hydrogen) atoms. The van der Waals surface area contributed by atoms with E-state index in [0.717, 1.165) is 17.0 Å². The molecule has 2 heteroatoms. The molecule has 1 rings (SSSR count). The van der Waals surface area contributed by atoms with Crippen LogP contribution < -0.4 is 5.73 Å². The quantitative estimate of drug-likeness (QED) is 0.547. The van der Waals surface area contributed by atoms with Crippen LogP contribution in [0.4, 0.5) is 0 Å². The maximum atomic E-state index is 6.33. The van der Waals surface area contributed by atoms with Gasteiger partial charge < -0.3 is 5.73 Å². The van der Waals surface area contributed by atoms with Gasteiger partial charge in [-0.25, -0.2) is 0 Å². The summed E-state index contributed by atoms with van der Waals surface area (Å²) in [6, 6.07) is 4.35. The van der Waals surface area contributed by atoms with Crippen LogP contribution in [-0.2, 0) is 0 Å². The van der Waals surface area contributed by atoms with Crippen LogP contribution in [0.25, 0.3) is 0 Å². The summed E-state index contributed by atoms with van der Waals surface area (Å²) in [4.78, 5) is 0. The Morgan fingerprint density at radius 1 is 0.950 bits per heavy atom. The van der Waals surface area contributed by atoms with Gasteiger partial charge in [-0.2, -0.15) is 0 Å². The summed E-state index contributed by atoms with van der Waals surface area (Å²) in [5.74, 6) is 0. The standard InChI is InChI=1S/C18H30ClN/c1-4-5-6-7-8-9-10-11-18(20)16-12-15(3)17(19)13-14(16)2/h12-13,18H,4-11,20H2,1-3H3. The molecule has 1 aromatic rings. The molecule has 0 fully saturated rings. The highest BCUT2D eigenvalue weighted by Crippen LogP contribution is 2.26. The largest absolute Gasteiger partial charge is 0.324 e. The predicted octanol–water partition coefficient (Wildman–Crippen LogP) is 6.10. The molecule has 0 aromatic heterocycles. The lowest BCUT2D eigenvalue weighted by Gasteiger charge is -2.16. The monoisotopic (exact) mass is 295 g/mol. The molecule has 0 aliphatic rings. The molecule has 0 saturated carbocycles. The summed E-state index contributed by atoms with van der Waals surface area (Å²) in [6.07, 6.45) is 10.4.